The van der Waals surface area contributed by atoms with Crippen LogP contribution in [0.15, 0.2) is 78.9 Å². The predicted molar refractivity (Wildman–Crippen MR) is 156 cm³/mol. The minimum Gasteiger partial charge on any atom is -0.480 e. The summed E-state index contributed by atoms with van der Waals surface area (Å²) in [4.78, 5) is 39.8. The number of aliphatic carboxylic acids is 1. The normalized spacial score (nSPS) is 16.7. The first-order valence-electron chi connectivity index (χ1n) is 14.2. The van der Waals surface area contributed by atoms with Gasteiger partial charge in [0.2, 0.25) is 5.91 Å². The Kier molecular flexibility index (Phi) is 8.69. The fourth-order valence-electron chi connectivity index (χ4n) is 5.94. The fraction of sp³-hybridized carbons (Fsp3) is 0.364. The number of carboxylic acid groups (broad SMARTS) is 1. The fourth-order valence-corrected chi connectivity index (χ4v) is 5.94. The first kappa shape index (κ1) is 28.4. The van der Waals surface area contributed by atoms with E-state index in [9.17, 15) is 19.5 Å². The predicted octanol–water partition coefficient (Wildman–Crippen LogP) is 4.79. The molecule has 214 valence electrons. The highest BCUT2D eigenvalue weighted by Gasteiger charge is 2.43. The Morgan fingerprint density at radius 2 is 1.51 bits per heavy atom. The van der Waals surface area contributed by atoms with Gasteiger partial charge in [-0.05, 0) is 46.6 Å². The number of fused-ring (bicyclic) bond motifs is 3. The number of carbonyl (C=O) groups excluding carboxylic acids is 2. The number of hydrogen-bond donors (Lipinski definition) is 3. The topological polar surface area (TPSA) is 108 Å². The van der Waals surface area contributed by atoms with Crippen LogP contribution in [0.4, 0.5) is 4.79 Å². The van der Waals surface area contributed by atoms with Crippen LogP contribution in [0.2, 0.25) is 0 Å². The number of likely N-dealkylation sites (tertiary alicyclic amines) is 1. The van der Waals surface area contributed by atoms with Crippen LogP contribution in [0.1, 0.15) is 48.8 Å². The van der Waals surface area contributed by atoms with Crippen molar-refractivity contribution < 1.29 is 24.2 Å². The Morgan fingerprint density at radius 1 is 0.927 bits per heavy atom. The van der Waals surface area contributed by atoms with Crippen molar-refractivity contribution in [2.75, 3.05) is 26.2 Å². The molecule has 2 aliphatic rings. The minimum absolute atomic E-state index is 0.0253. The number of hydrogen-bond acceptors (Lipinski definition) is 5. The summed E-state index contributed by atoms with van der Waals surface area (Å²) < 4.78 is 5.58. The van der Waals surface area contributed by atoms with Gasteiger partial charge in [0.05, 0.1) is 0 Å². The quantitative estimate of drug-likeness (QED) is 0.332. The molecule has 5 rings (SSSR count). The molecule has 41 heavy (non-hydrogen) atoms. The maximum Gasteiger partial charge on any atom is 0.407 e. The third kappa shape index (κ3) is 6.60. The van der Waals surface area contributed by atoms with Gasteiger partial charge in [-0.25, -0.2) is 9.59 Å². The van der Waals surface area contributed by atoms with Crippen LogP contribution in [-0.2, 0) is 20.9 Å². The number of carboxylic acids is 1. The molecule has 0 spiro atoms. The van der Waals surface area contributed by atoms with Gasteiger partial charge in [0.15, 0.2) is 0 Å². The summed E-state index contributed by atoms with van der Waals surface area (Å²) in [5, 5.41) is 15.6. The molecule has 1 unspecified atom stereocenters. The van der Waals surface area contributed by atoms with Gasteiger partial charge in [-0.3, -0.25) is 9.69 Å². The maximum absolute atomic E-state index is 12.8. The van der Waals surface area contributed by atoms with Crippen LogP contribution in [0.25, 0.3) is 11.1 Å². The van der Waals surface area contributed by atoms with Crippen LogP contribution in [0.3, 0.4) is 0 Å². The molecule has 1 aliphatic heterocycles. The second-order valence-corrected chi connectivity index (χ2v) is 11.2. The van der Waals surface area contributed by atoms with Crippen molar-refractivity contribution in [3.8, 4) is 11.1 Å². The lowest BCUT2D eigenvalue weighted by Gasteiger charge is -2.39. The Morgan fingerprint density at radius 3 is 2.12 bits per heavy atom. The van der Waals surface area contributed by atoms with Crippen molar-refractivity contribution in [3.05, 3.63) is 95.6 Å². The molecule has 8 nitrogen and oxygen atoms in total. The monoisotopic (exact) mass is 555 g/mol. The highest BCUT2D eigenvalue weighted by molar-refractivity contribution is 5.87. The largest absolute Gasteiger partial charge is 0.480 e. The van der Waals surface area contributed by atoms with E-state index in [0.717, 1.165) is 28.8 Å². The number of nitrogens with zero attached hydrogens (tertiary/aromatic N) is 1. The number of benzene rings is 3. The summed E-state index contributed by atoms with van der Waals surface area (Å²) in [7, 11) is 0. The van der Waals surface area contributed by atoms with Gasteiger partial charge in [0, 0.05) is 38.5 Å². The van der Waals surface area contributed by atoms with Crippen molar-refractivity contribution in [1.29, 1.82) is 0 Å². The summed E-state index contributed by atoms with van der Waals surface area (Å²) in [5.41, 5.74) is 4.52. The molecular formula is C33H37N3O5. The van der Waals surface area contributed by atoms with E-state index in [2.05, 4.69) is 51.9 Å². The van der Waals surface area contributed by atoms with Gasteiger partial charge < -0.3 is 20.5 Å². The highest BCUT2D eigenvalue weighted by Crippen LogP contribution is 2.44. The SMILES string of the molecule is CC(CNC(=O)OCC1c2ccccc2-c2ccccc21)CC(=O)NC1(C(=O)O)CCN(Cc2ccccc2)CC1. The Balaban J connectivity index is 1.07. The second-order valence-electron chi connectivity index (χ2n) is 11.2. The van der Waals surface area contributed by atoms with Crippen molar-refractivity contribution in [2.45, 2.75) is 44.2 Å². The summed E-state index contributed by atoms with van der Waals surface area (Å²) in [6.45, 7) is 4.23. The Hall–Kier alpha value is -4.17. The molecule has 1 atom stereocenters. The molecule has 1 heterocycles. The molecule has 3 aromatic carbocycles. The van der Waals surface area contributed by atoms with E-state index in [1.807, 2.05) is 49.4 Å². The zero-order valence-corrected chi connectivity index (χ0v) is 23.3. The molecule has 0 saturated carbocycles. The van der Waals surface area contributed by atoms with Crippen LogP contribution in [0.5, 0.6) is 0 Å². The summed E-state index contributed by atoms with van der Waals surface area (Å²) in [6, 6.07) is 26.4. The Bertz CT molecular complexity index is 1340. The first-order chi connectivity index (χ1) is 19.8. The number of carbonyl (C=O) groups is 3. The maximum atomic E-state index is 12.8. The highest BCUT2D eigenvalue weighted by atomic mass is 16.5. The standard InChI is InChI=1S/C33H37N3O5/c1-23(19-30(37)35-33(31(38)39)15-17-36(18-16-33)21-24-9-3-2-4-10-24)20-34-32(40)41-22-29-27-13-7-5-11-25(27)26-12-6-8-14-28(26)29/h2-14,23,29H,15-22H2,1H3,(H,34,40)(H,35,37)(H,38,39). The van der Waals surface area contributed by atoms with Gasteiger partial charge in [-0.2, -0.15) is 0 Å². The van der Waals surface area contributed by atoms with Crippen molar-refractivity contribution in [3.63, 3.8) is 0 Å². The number of ether oxygens (including phenoxy) is 1. The van der Waals surface area contributed by atoms with Crippen molar-refractivity contribution >= 4 is 18.0 Å². The lowest BCUT2D eigenvalue weighted by atomic mass is 9.86. The smallest absolute Gasteiger partial charge is 0.407 e. The van der Waals surface area contributed by atoms with Crippen molar-refractivity contribution in [2.24, 2.45) is 5.92 Å². The number of nitrogens with one attached hydrogen (secondary N) is 2. The Labute approximate surface area is 240 Å². The second kappa shape index (κ2) is 12.6. The minimum atomic E-state index is -1.27. The molecule has 1 saturated heterocycles. The first-order valence-corrected chi connectivity index (χ1v) is 14.2. The van der Waals surface area contributed by atoms with E-state index in [-0.39, 0.29) is 37.3 Å². The summed E-state index contributed by atoms with van der Waals surface area (Å²) >= 11 is 0. The van der Waals surface area contributed by atoms with Crippen LogP contribution >= 0.6 is 0 Å². The van der Waals surface area contributed by atoms with Gasteiger partial charge in [0.1, 0.15) is 12.1 Å². The molecular weight excluding hydrogens is 518 g/mol. The molecule has 0 radical (unpaired) electrons. The average molecular weight is 556 g/mol. The molecule has 0 bridgehead atoms. The lowest BCUT2D eigenvalue weighted by Crippen LogP contribution is -2.60. The number of amides is 2. The molecule has 3 N–H and O–H groups in total. The third-order valence-corrected chi connectivity index (χ3v) is 8.22. The molecule has 8 heteroatoms. The van der Waals surface area contributed by atoms with Gasteiger partial charge in [-0.15, -0.1) is 0 Å². The molecule has 1 aliphatic carbocycles. The van der Waals surface area contributed by atoms with E-state index < -0.39 is 17.6 Å². The van der Waals surface area contributed by atoms with Gasteiger partial charge in [0.25, 0.3) is 0 Å². The van der Waals surface area contributed by atoms with E-state index in [4.69, 9.17) is 4.74 Å². The van der Waals surface area contributed by atoms with Crippen molar-refractivity contribution in [1.82, 2.24) is 15.5 Å². The number of rotatable bonds is 10. The molecule has 0 aromatic heterocycles. The van der Waals surface area contributed by atoms with E-state index in [1.165, 1.54) is 5.56 Å². The van der Waals surface area contributed by atoms with Crippen LogP contribution in [-0.4, -0.2) is 59.8 Å². The van der Waals surface area contributed by atoms with E-state index in [1.54, 1.807) is 0 Å². The zero-order valence-electron chi connectivity index (χ0n) is 23.3. The summed E-state index contributed by atoms with van der Waals surface area (Å²) in [6.07, 6.45) is 0.249. The molecule has 1 fully saturated rings. The van der Waals surface area contributed by atoms with E-state index >= 15 is 0 Å². The zero-order chi connectivity index (χ0) is 28.8. The molecule has 2 amide bonds. The van der Waals surface area contributed by atoms with Crippen LogP contribution in [0, 0.1) is 5.92 Å². The number of alkyl carbamates (subject to hydrolysis) is 1. The lowest BCUT2D eigenvalue weighted by molar-refractivity contribution is -0.150. The summed E-state index contributed by atoms with van der Waals surface area (Å²) in [5.74, 6) is -1.55. The van der Waals surface area contributed by atoms with Gasteiger partial charge >= 0.3 is 12.1 Å². The third-order valence-electron chi connectivity index (χ3n) is 8.22. The number of piperidine rings is 1. The van der Waals surface area contributed by atoms with Crippen LogP contribution < -0.4 is 10.6 Å². The average Bonchev–Trinajstić information content (AvgIpc) is 3.30. The molecule has 3 aromatic rings. The van der Waals surface area contributed by atoms with Gasteiger partial charge in [-0.1, -0.05) is 85.8 Å². The van der Waals surface area contributed by atoms with E-state index in [0.29, 0.717) is 25.9 Å².